The fourth-order valence-electron chi connectivity index (χ4n) is 1.17. The van der Waals surface area contributed by atoms with E-state index >= 15 is 0 Å². The predicted molar refractivity (Wildman–Crippen MR) is 35.2 cm³/mol. The molecule has 1 saturated heterocycles. The largest absolute Gasteiger partial charge is 0.268 e. The zero-order valence-electron chi connectivity index (χ0n) is 5.61. The Morgan fingerprint density at radius 3 is 2.20 bits per heavy atom. The Kier molecular flexibility index (Phi) is 1.93. The molecule has 54 valence electrons. The Morgan fingerprint density at radius 2 is 1.80 bits per heavy atom. The summed E-state index contributed by atoms with van der Waals surface area (Å²) in [7, 11) is 0. The molecular formula is C6H8BF2N. The van der Waals surface area contributed by atoms with Crippen LogP contribution in [0.25, 0.3) is 0 Å². The van der Waals surface area contributed by atoms with E-state index in [0.29, 0.717) is 12.6 Å². The molecule has 1 fully saturated rings. The molecule has 1 rings (SSSR count). The van der Waals surface area contributed by atoms with Crippen molar-refractivity contribution in [3.8, 4) is 5.97 Å². The molecule has 0 atom stereocenters. The van der Waals surface area contributed by atoms with E-state index in [4.69, 9.17) is 5.26 Å². The van der Waals surface area contributed by atoms with E-state index in [9.17, 15) is 8.78 Å². The third kappa shape index (κ3) is 1.70. The summed E-state index contributed by atoms with van der Waals surface area (Å²) in [6.45, 7) is -0.125. The van der Waals surface area contributed by atoms with Crippen LogP contribution in [0, 0.1) is 11.2 Å². The summed E-state index contributed by atoms with van der Waals surface area (Å²) < 4.78 is 24.8. The number of nitriles is 1. The van der Waals surface area contributed by atoms with Crippen molar-refractivity contribution >= 4 is 6.71 Å². The summed E-state index contributed by atoms with van der Waals surface area (Å²) in [5.74, 6) is -0.484. The number of halogens is 2. The molecule has 0 bridgehead atoms. The van der Waals surface area contributed by atoms with Gasteiger partial charge in [-0.3, -0.25) is 0 Å². The van der Waals surface area contributed by atoms with Crippen LogP contribution in [0.4, 0.5) is 8.78 Å². The van der Waals surface area contributed by atoms with Gasteiger partial charge in [-0.05, 0) is 0 Å². The lowest BCUT2D eigenvalue weighted by atomic mass is 9.42. The zero-order valence-corrected chi connectivity index (χ0v) is 5.61. The van der Waals surface area contributed by atoms with Crippen molar-refractivity contribution in [3.05, 3.63) is 0 Å². The van der Waals surface area contributed by atoms with E-state index in [-0.39, 0.29) is 19.6 Å². The summed E-state index contributed by atoms with van der Waals surface area (Å²) >= 11 is 0. The Bertz CT molecular complexity index is 154. The maximum Gasteiger partial charge on any atom is 0.268 e. The second kappa shape index (κ2) is 2.57. The molecule has 0 radical (unpaired) electrons. The van der Waals surface area contributed by atoms with Gasteiger partial charge in [-0.1, -0.05) is 12.6 Å². The van der Waals surface area contributed by atoms with Crippen molar-refractivity contribution in [3.63, 3.8) is 0 Å². The average Bonchev–Trinajstić information content (AvgIpc) is 1.88. The fraction of sp³-hybridized carbons (Fsp3) is 0.833. The van der Waals surface area contributed by atoms with E-state index in [2.05, 4.69) is 0 Å². The van der Waals surface area contributed by atoms with Crippen LogP contribution >= 0.6 is 0 Å². The lowest BCUT2D eigenvalue weighted by Gasteiger charge is -2.22. The van der Waals surface area contributed by atoms with Crippen LogP contribution in [0.1, 0.15) is 12.8 Å². The van der Waals surface area contributed by atoms with E-state index in [1.165, 1.54) is 0 Å². The van der Waals surface area contributed by atoms with Gasteiger partial charge in [-0.15, -0.1) is 0 Å². The highest BCUT2D eigenvalue weighted by Gasteiger charge is 2.36. The highest BCUT2D eigenvalue weighted by molar-refractivity contribution is 6.67. The van der Waals surface area contributed by atoms with Crippen LogP contribution in [0.5, 0.6) is 0 Å². The minimum atomic E-state index is -2.49. The first-order valence-corrected chi connectivity index (χ1v) is 3.41. The first-order valence-electron chi connectivity index (χ1n) is 3.41. The monoisotopic (exact) mass is 143 g/mol. The third-order valence-electron chi connectivity index (χ3n) is 1.90. The summed E-state index contributed by atoms with van der Waals surface area (Å²) in [6.07, 6.45) is 0.517. The van der Waals surface area contributed by atoms with Gasteiger partial charge in [0.05, 0.1) is 0 Å². The van der Waals surface area contributed by atoms with Gasteiger partial charge in [0.1, 0.15) is 0 Å². The zero-order chi connectivity index (χ0) is 7.61. The predicted octanol–water partition coefficient (Wildman–Crippen LogP) is 1.97. The highest BCUT2D eigenvalue weighted by atomic mass is 19.3. The van der Waals surface area contributed by atoms with Gasteiger partial charge in [0, 0.05) is 18.8 Å². The quantitative estimate of drug-likeness (QED) is 0.475. The molecule has 1 aliphatic heterocycles. The Labute approximate surface area is 59.1 Å². The second-order valence-corrected chi connectivity index (χ2v) is 2.76. The number of alkyl halides is 2. The molecule has 4 heteroatoms. The van der Waals surface area contributed by atoms with Crippen molar-refractivity contribution in [1.29, 1.82) is 5.26 Å². The third-order valence-corrected chi connectivity index (χ3v) is 1.90. The minimum absolute atomic E-state index is 0.106. The molecule has 0 saturated carbocycles. The standard InChI is InChI=1S/C6H8BF2N/c8-6(9)1-3-7(5-10)4-2-6/h1-4H2. The Balaban J connectivity index is 2.40. The maximum atomic E-state index is 12.4. The molecule has 0 N–H and O–H groups in total. The van der Waals surface area contributed by atoms with Crippen molar-refractivity contribution in [1.82, 2.24) is 0 Å². The Morgan fingerprint density at radius 1 is 1.30 bits per heavy atom. The number of nitrogens with zero attached hydrogens (tertiary/aromatic N) is 1. The van der Waals surface area contributed by atoms with Gasteiger partial charge in [0.25, 0.3) is 6.71 Å². The summed E-state index contributed by atoms with van der Waals surface area (Å²) in [5, 5.41) is 8.37. The first kappa shape index (κ1) is 7.52. The van der Waals surface area contributed by atoms with E-state index in [1.54, 1.807) is 0 Å². The van der Waals surface area contributed by atoms with Crippen LogP contribution in [0.15, 0.2) is 0 Å². The number of hydrogen-bond acceptors (Lipinski definition) is 1. The van der Waals surface area contributed by atoms with Crippen LogP contribution < -0.4 is 0 Å². The smallest absolute Gasteiger partial charge is 0.213 e. The summed E-state index contributed by atoms with van der Waals surface area (Å²) in [5.41, 5.74) is 0. The molecule has 0 aromatic heterocycles. The van der Waals surface area contributed by atoms with Crippen molar-refractivity contribution in [2.75, 3.05) is 0 Å². The van der Waals surface area contributed by atoms with Gasteiger partial charge in [-0.2, -0.15) is 0 Å². The van der Waals surface area contributed by atoms with Gasteiger partial charge in [0.15, 0.2) is 0 Å². The van der Waals surface area contributed by atoms with Crippen LogP contribution in [0.3, 0.4) is 0 Å². The molecule has 0 aromatic rings. The number of hydrogen-bond donors (Lipinski definition) is 0. The van der Waals surface area contributed by atoms with Crippen LogP contribution in [-0.4, -0.2) is 12.6 Å². The molecule has 1 heterocycles. The van der Waals surface area contributed by atoms with Crippen molar-refractivity contribution in [2.45, 2.75) is 31.4 Å². The van der Waals surface area contributed by atoms with E-state index < -0.39 is 5.92 Å². The minimum Gasteiger partial charge on any atom is -0.213 e. The molecule has 0 amide bonds. The van der Waals surface area contributed by atoms with Gasteiger partial charge in [0.2, 0.25) is 5.92 Å². The SMILES string of the molecule is N#CB1CCC(F)(F)CC1. The molecule has 1 nitrogen and oxygen atoms in total. The molecule has 1 aliphatic rings. The Hall–Kier alpha value is -0.585. The lowest BCUT2D eigenvalue weighted by molar-refractivity contribution is -0.0107. The van der Waals surface area contributed by atoms with Gasteiger partial charge in [-0.25, -0.2) is 14.0 Å². The first-order chi connectivity index (χ1) is 4.64. The highest BCUT2D eigenvalue weighted by Crippen LogP contribution is 2.33. The lowest BCUT2D eigenvalue weighted by Crippen LogP contribution is -2.28. The van der Waals surface area contributed by atoms with E-state index in [0.717, 1.165) is 0 Å². The molecular weight excluding hydrogens is 135 g/mol. The maximum absolute atomic E-state index is 12.4. The van der Waals surface area contributed by atoms with Crippen molar-refractivity contribution in [2.24, 2.45) is 0 Å². The van der Waals surface area contributed by atoms with Gasteiger partial charge < -0.3 is 0 Å². The molecule has 0 unspecified atom stereocenters. The van der Waals surface area contributed by atoms with Crippen LogP contribution in [-0.2, 0) is 0 Å². The summed E-state index contributed by atoms with van der Waals surface area (Å²) in [6, 6.07) is 0. The fourth-order valence-corrected chi connectivity index (χ4v) is 1.17. The molecule has 10 heavy (non-hydrogen) atoms. The molecule has 0 spiro atoms. The summed E-state index contributed by atoms with van der Waals surface area (Å²) in [4.78, 5) is 0. The average molecular weight is 143 g/mol. The van der Waals surface area contributed by atoms with E-state index in [1.807, 2.05) is 5.97 Å². The normalized spacial score (nSPS) is 23.9. The van der Waals surface area contributed by atoms with Crippen molar-refractivity contribution < 1.29 is 8.78 Å². The molecule has 0 aliphatic carbocycles. The van der Waals surface area contributed by atoms with Gasteiger partial charge >= 0.3 is 0 Å². The second-order valence-electron chi connectivity index (χ2n) is 2.76. The van der Waals surface area contributed by atoms with Crippen LogP contribution in [0.2, 0.25) is 12.6 Å². The number of rotatable bonds is 0. The molecule has 0 aromatic carbocycles. The topological polar surface area (TPSA) is 23.8 Å².